The van der Waals surface area contributed by atoms with E-state index in [1.165, 1.54) is 11.8 Å². The number of ether oxygens (including phenoxy) is 1. The second-order valence-corrected chi connectivity index (χ2v) is 8.24. The molecule has 2 aromatic heterocycles. The van der Waals surface area contributed by atoms with Crippen LogP contribution in [0.15, 0.2) is 54.1 Å². The number of hydrogen-bond donors (Lipinski definition) is 0. The van der Waals surface area contributed by atoms with Crippen LogP contribution in [0.5, 0.6) is 0 Å². The van der Waals surface area contributed by atoms with Crippen molar-refractivity contribution in [3.63, 3.8) is 0 Å². The molecule has 1 atom stereocenters. The van der Waals surface area contributed by atoms with Crippen molar-refractivity contribution in [3.8, 4) is 0 Å². The van der Waals surface area contributed by atoms with E-state index in [4.69, 9.17) is 16.3 Å². The molecule has 0 bridgehead atoms. The van der Waals surface area contributed by atoms with Crippen LogP contribution < -0.4 is 0 Å². The molecule has 7 heteroatoms. The molecule has 2 heterocycles. The van der Waals surface area contributed by atoms with Gasteiger partial charge in [-0.2, -0.15) is 0 Å². The topological polar surface area (TPSA) is 57.0 Å². The number of benzene rings is 1. The minimum absolute atomic E-state index is 0.00839. The van der Waals surface area contributed by atoms with Gasteiger partial charge in [-0.15, -0.1) is 11.8 Å². The van der Waals surface area contributed by atoms with Crippen molar-refractivity contribution in [2.24, 2.45) is 0 Å². The minimum atomic E-state index is -0.288. The summed E-state index contributed by atoms with van der Waals surface area (Å²) in [5.41, 5.74) is 0.824. The lowest BCUT2D eigenvalue weighted by molar-refractivity contribution is -0.154. The molecule has 5 nitrogen and oxygen atoms in total. The van der Waals surface area contributed by atoms with Crippen molar-refractivity contribution in [2.45, 2.75) is 42.1 Å². The molecule has 134 valence electrons. The summed E-state index contributed by atoms with van der Waals surface area (Å²) >= 11 is 7.52. The molecule has 1 aliphatic carbocycles. The van der Waals surface area contributed by atoms with Crippen LogP contribution in [0.25, 0.3) is 10.9 Å². The summed E-state index contributed by atoms with van der Waals surface area (Å²) in [6.45, 7) is 1.88. The molecule has 1 saturated carbocycles. The van der Waals surface area contributed by atoms with Crippen LogP contribution in [0.1, 0.15) is 25.8 Å². The van der Waals surface area contributed by atoms with Gasteiger partial charge < -0.3 is 9.30 Å². The fourth-order valence-electron chi connectivity index (χ4n) is 3.06. The third kappa shape index (κ3) is 3.57. The molecule has 1 aromatic carbocycles. The number of carbonyl (C=O) groups is 1. The highest BCUT2D eigenvalue weighted by Gasteiger charge is 2.34. The Morgan fingerprint density at radius 1 is 1.35 bits per heavy atom. The Morgan fingerprint density at radius 3 is 2.96 bits per heavy atom. The van der Waals surface area contributed by atoms with Gasteiger partial charge in [0.1, 0.15) is 11.4 Å². The van der Waals surface area contributed by atoms with Crippen LogP contribution in [0.2, 0.25) is 5.02 Å². The quantitative estimate of drug-likeness (QED) is 0.476. The van der Waals surface area contributed by atoms with E-state index >= 15 is 0 Å². The standard InChI is InChI=1S/C19H18ClN3O2S/c1-12(19(24)25-15-9-14(10-15)23-7-6-21-11-23)26-18-4-5-22-17-8-13(20)2-3-16(17)18/h2-8,11-12,14-15H,9-10H2,1H3. The van der Waals surface area contributed by atoms with Crippen molar-refractivity contribution in [3.05, 3.63) is 54.2 Å². The molecular weight excluding hydrogens is 370 g/mol. The second-order valence-electron chi connectivity index (χ2n) is 6.42. The van der Waals surface area contributed by atoms with Crippen LogP contribution in [-0.2, 0) is 9.53 Å². The number of hydrogen-bond acceptors (Lipinski definition) is 5. The molecule has 0 N–H and O–H groups in total. The Bertz CT molecular complexity index is 926. The molecule has 3 aromatic rings. The maximum absolute atomic E-state index is 12.4. The Hall–Kier alpha value is -2.05. The number of fused-ring (bicyclic) bond motifs is 1. The summed E-state index contributed by atoms with van der Waals surface area (Å²) in [6.07, 6.45) is 8.94. The smallest absolute Gasteiger partial charge is 0.319 e. The van der Waals surface area contributed by atoms with Crippen molar-refractivity contribution in [1.82, 2.24) is 14.5 Å². The zero-order chi connectivity index (χ0) is 18.1. The number of pyridine rings is 1. The molecule has 26 heavy (non-hydrogen) atoms. The molecule has 0 spiro atoms. The van der Waals surface area contributed by atoms with Gasteiger partial charge in [0.2, 0.25) is 0 Å². The van der Waals surface area contributed by atoms with E-state index in [2.05, 4.69) is 14.5 Å². The van der Waals surface area contributed by atoms with Crippen molar-refractivity contribution in [2.75, 3.05) is 0 Å². The molecule has 1 fully saturated rings. The number of esters is 1. The lowest BCUT2D eigenvalue weighted by Gasteiger charge is -2.35. The Labute approximate surface area is 160 Å². The first kappa shape index (κ1) is 17.4. The van der Waals surface area contributed by atoms with E-state index in [9.17, 15) is 4.79 Å². The Kier molecular flexibility index (Phi) is 4.87. The number of halogens is 1. The third-order valence-electron chi connectivity index (χ3n) is 4.60. The van der Waals surface area contributed by atoms with E-state index in [-0.39, 0.29) is 17.3 Å². The van der Waals surface area contributed by atoms with Gasteiger partial charge in [-0.05, 0) is 25.1 Å². The van der Waals surface area contributed by atoms with Crippen molar-refractivity contribution in [1.29, 1.82) is 0 Å². The van der Waals surface area contributed by atoms with Gasteiger partial charge in [0.15, 0.2) is 0 Å². The number of thioether (sulfide) groups is 1. The monoisotopic (exact) mass is 387 g/mol. The summed E-state index contributed by atoms with van der Waals surface area (Å²) in [5.74, 6) is -0.178. The Morgan fingerprint density at radius 2 is 2.19 bits per heavy atom. The second kappa shape index (κ2) is 7.29. The molecule has 0 radical (unpaired) electrons. The largest absolute Gasteiger partial charge is 0.461 e. The summed E-state index contributed by atoms with van der Waals surface area (Å²) in [6, 6.07) is 7.90. The first-order chi connectivity index (χ1) is 12.6. The molecular formula is C19H18ClN3O2S. The average molecular weight is 388 g/mol. The predicted octanol–water partition coefficient (Wildman–Crippen LogP) is 4.51. The van der Waals surface area contributed by atoms with Crippen LogP contribution >= 0.6 is 23.4 Å². The van der Waals surface area contributed by atoms with Crippen molar-refractivity contribution >= 4 is 40.2 Å². The molecule has 1 unspecified atom stereocenters. The number of imidazole rings is 1. The lowest BCUT2D eigenvalue weighted by atomic mass is 9.89. The zero-order valence-corrected chi connectivity index (χ0v) is 15.8. The fraction of sp³-hybridized carbons (Fsp3) is 0.316. The van der Waals surface area contributed by atoms with Gasteiger partial charge in [-0.1, -0.05) is 17.7 Å². The maximum Gasteiger partial charge on any atom is 0.319 e. The van der Waals surface area contributed by atoms with E-state index in [1.807, 2.05) is 43.7 Å². The summed E-state index contributed by atoms with van der Waals surface area (Å²) < 4.78 is 7.72. The summed E-state index contributed by atoms with van der Waals surface area (Å²) in [7, 11) is 0. The van der Waals surface area contributed by atoms with Gasteiger partial charge in [0, 0.05) is 52.8 Å². The molecule has 0 aliphatic heterocycles. The number of carbonyl (C=O) groups excluding carboxylic acids is 1. The van der Waals surface area contributed by atoms with Gasteiger partial charge in [-0.25, -0.2) is 4.98 Å². The fourth-order valence-corrected chi connectivity index (χ4v) is 4.20. The van der Waals surface area contributed by atoms with E-state index < -0.39 is 0 Å². The zero-order valence-electron chi connectivity index (χ0n) is 14.2. The van der Waals surface area contributed by atoms with Crippen LogP contribution in [-0.4, -0.2) is 31.9 Å². The molecule has 0 saturated heterocycles. The van der Waals surface area contributed by atoms with Gasteiger partial charge in [0.05, 0.1) is 11.8 Å². The van der Waals surface area contributed by atoms with E-state index in [0.717, 1.165) is 28.6 Å². The highest BCUT2D eigenvalue weighted by atomic mass is 35.5. The number of aromatic nitrogens is 3. The van der Waals surface area contributed by atoms with E-state index in [0.29, 0.717) is 11.1 Å². The predicted molar refractivity (Wildman–Crippen MR) is 102 cm³/mol. The average Bonchev–Trinajstić information content (AvgIpc) is 3.11. The molecule has 0 amide bonds. The van der Waals surface area contributed by atoms with E-state index in [1.54, 1.807) is 12.4 Å². The van der Waals surface area contributed by atoms with Gasteiger partial charge in [-0.3, -0.25) is 9.78 Å². The Balaban J connectivity index is 1.36. The van der Waals surface area contributed by atoms with Crippen LogP contribution in [0.4, 0.5) is 0 Å². The maximum atomic E-state index is 12.4. The summed E-state index contributed by atoms with van der Waals surface area (Å²) in [4.78, 5) is 21.8. The highest BCUT2D eigenvalue weighted by Crippen LogP contribution is 2.36. The first-order valence-electron chi connectivity index (χ1n) is 8.49. The first-order valence-corrected chi connectivity index (χ1v) is 9.75. The highest BCUT2D eigenvalue weighted by molar-refractivity contribution is 8.00. The number of nitrogens with zero attached hydrogens (tertiary/aromatic N) is 3. The third-order valence-corrected chi connectivity index (χ3v) is 5.99. The number of rotatable bonds is 5. The molecule has 1 aliphatic rings. The van der Waals surface area contributed by atoms with Gasteiger partial charge in [0.25, 0.3) is 0 Å². The van der Waals surface area contributed by atoms with Crippen LogP contribution in [0, 0.1) is 0 Å². The van der Waals surface area contributed by atoms with Gasteiger partial charge >= 0.3 is 5.97 Å². The molecule has 4 rings (SSSR count). The van der Waals surface area contributed by atoms with Crippen LogP contribution in [0.3, 0.4) is 0 Å². The lowest BCUT2D eigenvalue weighted by Crippen LogP contribution is -2.36. The summed E-state index contributed by atoms with van der Waals surface area (Å²) in [5, 5.41) is 1.35. The van der Waals surface area contributed by atoms with Crippen molar-refractivity contribution < 1.29 is 9.53 Å². The SMILES string of the molecule is CC(Sc1ccnc2cc(Cl)ccc12)C(=O)OC1CC(n2ccnc2)C1. The normalized spacial score (nSPS) is 20.5. The minimum Gasteiger partial charge on any atom is -0.461 e.